The molecular formula is C11H22O5Si2. The molecule has 0 amide bonds. The molecule has 0 fully saturated rings. The molecule has 0 heterocycles. The topological polar surface area (TPSA) is 69.7 Å². The highest BCUT2D eigenvalue weighted by Crippen LogP contribution is 2.08. The van der Waals surface area contributed by atoms with Gasteiger partial charge in [-0.15, -0.1) is 0 Å². The summed E-state index contributed by atoms with van der Waals surface area (Å²) in [6, 6.07) is 0. The van der Waals surface area contributed by atoms with Crippen LogP contribution in [-0.2, 0) is 23.2 Å². The van der Waals surface area contributed by atoms with Gasteiger partial charge in [-0.05, 0) is 39.3 Å². The first-order chi connectivity index (χ1) is 7.89. The number of ketones is 1. The number of carbonyl (C=O) groups excluding carboxylic acids is 3. The van der Waals surface area contributed by atoms with Gasteiger partial charge in [0.15, 0.2) is 5.78 Å². The first-order valence-electron chi connectivity index (χ1n) is 5.84. The average molecular weight is 290 g/mol. The highest BCUT2D eigenvalue weighted by molar-refractivity contribution is 6.71. The lowest BCUT2D eigenvalue weighted by Crippen LogP contribution is -2.32. The van der Waals surface area contributed by atoms with Gasteiger partial charge in [-0.2, -0.15) is 0 Å². The van der Waals surface area contributed by atoms with Gasteiger partial charge in [-0.3, -0.25) is 14.4 Å². The molecule has 0 bridgehead atoms. The summed E-state index contributed by atoms with van der Waals surface area (Å²) in [5.41, 5.74) is 0. The van der Waals surface area contributed by atoms with Crippen LogP contribution in [0.4, 0.5) is 0 Å². The summed E-state index contributed by atoms with van der Waals surface area (Å²) < 4.78 is 10.3. The Labute approximate surface area is 110 Å². The van der Waals surface area contributed by atoms with E-state index in [9.17, 15) is 14.4 Å². The number of carbonyl (C=O) groups is 3. The predicted octanol–water partition coefficient (Wildman–Crippen LogP) is 2.09. The van der Waals surface area contributed by atoms with Crippen molar-refractivity contribution in [1.82, 2.24) is 0 Å². The summed E-state index contributed by atoms with van der Waals surface area (Å²) in [4.78, 5) is 34.2. The summed E-state index contributed by atoms with van der Waals surface area (Å²) in [7, 11) is -3.95. The van der Waals surface area contributed by atoms with Crippen LogP contribution in [0.5, 0.6) is 0 Å². The van der Waals surface area contributed by atoms with E-state index in [-0.39, 0.29) is 12.8 Å². The summed E-state index contributed by atoms with van der Waals surface area (Å²) in [5.74, 6) is -1.57. The fourth-order valence-corrected chi connectivity index (χ4v) is 2.65. The average Bonchev–Trinajstić information content (AvgIpc) is 1.92. The van der Waals surface area contributed by atoms with E-state index in [1.165, 1.54) is 0 Å². The zero-order chi connectivity index (χ0) is 14.6. The lowest BCUT2D eigenvalue weighted by atomic mass is 10.2. The Bertz CT molecular complexity index is 306. The van der Waals surface area contributed by atoms with Crippen LogP contribution in [0, 0.1) is 0 Å². The van der Waals surface area contributed by atoms with E-state index in [0.717, 1.165) is 0 Å². The largest absolute Gasteiger partial charge is 0.520 e. The van der Waals surface area contributed by atoms with Crippen molar-refractivity contribution in [2.45, 2.75) is 52.1 Å². The van der Waals surface area contributed by atoms with Crippen molar-refractivity contribution in [2.75, 3.05) is 0 Å². The van der Waals surface area contributed by atoms with Gasteiger partial charge in [0.05, 0.1) is 0 Å². The summed E-state index contributed by atoms with van der Waals surface area (Å²) in [6.07, 6.45) is -0.712. The van der Waals surface area contributed by atoms with E-state index < -0.39 is 34.4 Å². The first-order valence-corrected chi connectivity index (χ1v) is 12.7. The van der Waals surface area contributed by atoms with E-state index in [0.29, 0.717) is 0 Å². The highest BCUT2D eigenvalue weighted by atomic mass is 28.4. The molecule has 0 unspecified atom stereocenters. The molecule has 0 aromatic rings. The van der Waals surface area contributed by atoms with Crippen molar-refractivity contribution in [3.63, 3.8) is 0 Å². The lowest BCUT2D eigenvalue weighted by Gasteiger charge is -2.18. The highest BCUT2D eigenvalue weighted by Gasteiger charge is 2.25. The van der Waals surface area contributed by atoms with Crippen molar-refractivity contribution >= 4 is 34.4 Å². The van der Waals surface area contributed by atoms with Crippen LogP contribution >= 0.6 is 0 Å². The fraction of sp³-hybridized carbons (Fsp3) is 0.727. The van der Waals surface area contributed by atoms with Crippen molar-refractivity contribution < 1.29 is 23.2 Å². The van der Waals surface area contributed by atoms with E-state index in [2.05, 4.69) is 0 Å². The number of hydrogen-bond donors (Lipinski definition) is 0. The molecule has 5 nitrogen and oxygen atoms in total. The molecule has 0 rings (SSSR count). The minimum atomic E-state index is -1.98. The van der Waals surface area contributed by atoms with E-state index >= 15 is 0 Å². The van der Waals surface area contributed by atoms with Crippen molar-refractivity contribution in [3.05, 3.63) is 0 Å². The third kappa shape index (κ3) is 10.2. The van der Waals surface area contributed by atoms with E-state index in [4.69, 9.17) is 8.85 Å². The van der Waals surface area contributed by atoms with Crippen LogP contribution < -0.4 is 0 Å². The summed E-state index contributed by atoms with van der Waals surface area (Å²) >= 11 is 0. The Kier molecular flexibility index (Phi) is 5.95. The number of hydrogen-bond acceptors (Lipinski definition) is 5. The first kappa shape index (κ1) is 17.0. The molecule has 0 aliphatic carbocycles. The monoisotopic (exact) mass is 290 g/mol. The van der Waals surface area contributed by atoms with Gasteiger partial charge in [0.1, 0.15) is 12.8 Å². The molecule has 0 aromatic heterocycles. The smallest absolute Gasteiger partial charge is 0.300 e. The van der Waals surface area contributed by atoms with Gasteiger partial charge < -0.3 is 8.85 Å². The normalized spacial score (nSPS) is 11.9. The second-order valence-electron chi connectivity index (χ2n) is 6.07. The number of rotatable bonds is 6. The summed E-state index contributed by atoms with van der Waals surface area (Å²) in [5, 5.41) is 0. The van der Waals surface area contributed by atoms with Gasteiger partial charge in [0.2, 0.25) is 16.6 Å². The molecule has 18 heavy (non-hydrogen) atoms. The maximum atomic E-state index is 11.5. The molecular weight excluding hydrogens is 268 g/mol. The maximum Gasteiger partial charge on any atom is 0.300 e. The minimum absolute atomic E-state index is 0.356. The van der Waals surface area contributed by atoms with Crippen LogP contribution in [0.1, 0.15) is 12.8 Å². The SMILES string of the molecule is C[Si](C)(C)OC(=O)CC(=O)CC(=O)O[Si](C)(C)C. The number of Topliss-reactive ketones (excluding diaryl/α,β-unsaturated/α-hetero) is 1. The third-order valence-electron chi connectivity index (χ3n) is 1.52. The Hall–Kier alpha value is -0.956. The molecule has 7 heteroatoms. The Morgan fingerprint density at radius 1 is 0.722 bits per heavy atom. The van der Waals surface area contributed by atoms with E-state index in [1.54, 1.807) is 0 Å². The van der Waals surface area contributed by atoms with Gasteiger partial charge in [-0.25, -0.2) is 0 Å². The van der Waals surface area contributed by atoms with Crippen LogP contribution in [0.2, 0.25) is 39.3 Å². The van der Waals surface area contributed by atoms with Crippen LogP contribution in [0.25, 0.3) is 0 Å². The Morgan fingerprint density at radius 2 is 1.00 bits per heavy atom. The van der Waals surface area contributed by atoms with Crippen LogP contribution in [0.15, 0.2) is 0 Å². The van der Waals surface area contributed by atoms with Gasteiger partial charge >= 0.3 is 0 Å². The van der Waals surface area contributed by atoms with Crippen LogP contribution in [0.3, 0.4) is 0 Å². The van der Waals surface area contributed by atoms with Crippen molar-refractivity contribution in [2.24, 2.45) is 0 Å². The van der Waals surface area contributed by atoms with Gasteiger partial charge in [0.25, 0.3) is 11.9 Å². The third-order valence-corrected chi connectivity index (χ3v) is 3.20. The lowest BCUT2D eigenvalue weighted by molar-refractivity contribution is -0.141. The molecule has 0 radical (unpaired) electrons. The summed E-state index contributed by atoms with van der Waals surface area (Å²) in [6.45, 7) is 11.1. The van der Waals surface area contributed by atoms with Crippen molar-refractivity contribution in [3.8, 4) is 0 Å². The molecule has 0 spiro atoms. The molecule has 0 aromatic carbocycles. The molecule has 104 valence electrons. The Balaban J connectivity index is 4.13. The minimum Gasteiger partial charge on any atom is -0.520 e. The fourth-order valence-electron chi connectivity index (χ4n) is 1.14. The molecule has 0 aliphatic rings. The quantitative estimate of drug-likeness (QED) is 0.553. The second kappa shape index (κ2) is 6.28. The molecule has 0 atom stereocenters. The molecule has 0 N–H and O–H groups in total. The van der Waals surface area contributed by atoms with Gasteiger partial charge in [0, 0.05) is 0 Å². The molecule has 0 saturated carbocycles. The van der Waals surface area contributed by atoms with Gasteiger partial charge in [-0.1, -0.05) is 0 Å². The van der Waals surface area contributed by atoms with Crippen molar-refractivity contribution in [1.29, 1.82) is 0 Å². The second-order valence-corrected chi connectivity index (χ2v) is 14.9. The predicted molar refractivity (Wildman–Crippen MR) is 73.1 cm³/mol. The Morgan fingerprint density at radius 3 is 1.22 bits per heavy atom. The van der Waals surface area contributed by atoms with Crippen LogP contribution in [-0.4, -0.2) is 34.4 Å². The standard InChI is InChI=1S/C11H22O5Si2/c1-17(2,3)15-10(13)7-9(12)8-11(14)16-18(4,5)6/h7-8H2,1-6H3. The zero-order valence-electron chi connectivity index (χ0n) is 12.0. The zero-order valence-corrected chi connectivity index (χ0v) is 14.0. The van der Waals surface area contributed by atoms with E-state index in [1.807, 2.05) is 39.3 Å². The molecule has 0 saturated heterocycles. The molecule has 0 aliphatic heterocycles. The maximum absolute atomic E-state index is 11.5.